The third kappa shape index (κ3) is 1.82. The molecule has 1 aliphatic carbocycles. The number of allylic oxidation sites excluding steroid dienone is 4. The Morgan fingerprint density at radius 3 is 2.29 bits per heavy atom. The van der Waals surface area contributed by atoms with Crippen LogP contribution in [0.2, 0.25) is 0 Å². The molecule has 0 nitrogen and oxygen atoms in total. The topological polar surface area (TPSA) is 0 Å². The molecule has 0 fully saturated rings. The molecular weight excluding hydrogens is 167 g/mol. The van der Waals surface area contributed by atoms with Gasteiger partial charge in [0.15, 0.2) is 0 Å². The molecule has 1 aromatic carbocycles. The molecule has 0 saturated carbocycles. The minimum Gasteiger partial charge on any atom is -0.0967 e. The second-order valence-corrected chi connectivity index (χ2v) is 3.82. The first-order chi connectivity index (χ1) is 6.77. The molecule has 0 amide bonds. The lowest BCUT2D eigenvalue weighted by Crippen LogP contribution is -2.09. The van der Waals surface area contributed by atoms with Crippen LogP contribution in [-0.4, -0.2) is 7.85 Å². The zero-order chi connectivity index (χ0) is 9.97. The molecule has 14 heavy (non-hydrogen) atoms. The van der Waals surface area contributed by atoms with Gasteiger partial charge < -0.3 is 0 Å². The van der Waals surface area contributed by atoms with Gasteiger partial charge in [0.2, 0.25) is 0 Å². The quantitative estimate of drug-likeness (QED) is 0.582. The molecule has 1 aliphatic rings. The Balaban J connectivity index is 2.27. The first-order valence-electron chi connectivity index (χ1n) is 4.98. The molecule has 2 rings (SSSR count). The van der Waals surface area contributed by atoms with Crippen molar-refractivity contribution in [1.82, 2.24) is 0 Å². The van der Waals surface area contributed by atoms with Gasteiger partial charge in [-0.3, -0.25) is 0 Å². The number of rotatable bonds is 1. The summed E-state index contributed by atoms with van der Waals surface area (Å²) in [6.07, 6.45) is 8.71. The summed E-state index contributed by atoms with van der Waals surface area (Å²) in [6.45, 7) is 2.24. The minimum absolute atomic E-state index is 0.501. The summed E-state index contributed by atoms with van der Waals surface area (Å²) in [5, 5.41) is 0. The molecule has 68 valence electrons. The first-order valence-corrected chi connectivity index (χ1v) is 4.98. The predicted octanol–water partition coefficient (Wildman–Crippen LogP) is 2.33. The summed E-state index contributed by atoms with van der Waals surface area (Å²) < 4.78 is 0. The van der Waals surface area contributed by atoms with Crippen molar-refractivity contribution in [3.63, 3.8) is 0 Å². The van der Waals surface area contributed by atoms with E-state index in [-0.39, 0.29) is 0 Å². The van der Waals surface area contributed by atoms with Crippen molar-refractivity contribution < 1.29 is 0 Å². The van der Waals surface area contributed by atoms with E-state index in [1.807, 2.05) is 12.1 Å². The van der Waals surface area contributed by atoms with Crippen LogP contribution in [0.4, 0.5) is 0 Å². The molecule has 0 saturated heterocycles. The zero-order valence-electron chi connectivity index (χ0n) is 8.35. The van der Waals surface area contributed by atoms with Crippen LogP contribution >= 0.6 is 0 Å². The summed E-state index contributed by atoms with van der Waals surface area (Å²) in [4.78, 5) is 0. The van der Waals surface area contributed by atoms with E-state index in [9.17, 15) is 0 Å². The SMILES string of the molecule is [B]c1ccc(C2C=CC=CC2C)cc1. The molecular formula is C13H13B. The Hall–Kier alpha value is -1.24. The van der Waals surface area contributed by atoms with Crippen LogP contribution in [-0.2, 0) is 0 Å². The maximum Gasteiger partial charge on any atom is 0.113 e. The summed E-state index contributed by atoms with van der Waals surface area (Å²) in [6, 6.07) is 8.16. The van der Waals surface area contributed by atoms with E-state index in [0.29, 0.717) is 11.8 Å². The van der Waals surface area contributed by atoms with Crippen molar-refractivity contribution in [2.45, 2.75) is 12.8 Å². The van der Waals surface area contributed by atoms with Gasteiger partial charge in [0, 0.05) is 5.92 Å². The molecule has 0 aromatic heterocycles. The maximum atomic E-state index is 5.66. The Bertz CT molecular complexity index is 359. The van der Waals surface area contributed by atoms with Crippen LogP contribution in [0.1, 0.15) is 18.4 Å². The van der Waals surface area contributed by atoms with Gasteiger partial charge in [-0.25, -0.2) is 0 Å². The summed E-state index contributed by atoms with van der Waals surface area (Å²) in [7, 11) is 5.66. The fourth-order valence-electron chi connectivity index (χ4n) is 1.85. The van der Waals surface area contributed by atoms with E-state index >= 15 is 0 Å². The molecule has 2 atom stereocenters. The van der Waals surface area contributed by atoms with Gasteiger partial charge in [0.25, 0.3) is 0 Å². The highest BCUT2D eigenvalue weighted by molar-refractivity contribution is 6.32. The molecule has 0 heterocycles. The Morgan fingerprint density at radius 2 is 1.64 bits per heavy atom. The standard InChI is InChI=1S/C13H13B/c1-10-4-2-3-5-13(10)11-6-8-12(14)9-7-11/h2-10,13H,1H3. The monoisotopic (exact) mass is 180 g/mol. The highest BCUT2D eigenvalue weighted by atomic mass is 14.2. The first kappa shape index (κ1) is 9.33. The van der Waals surface area contributed by atoms with Crippen LogP contribution in [0.3, 0.4) is 0 Å². The van der Waals surface area contributed by atoms with Crippen LogP contribution in [0.5, 0.6) is 0 Å². The van der Waals surface area contributed by atoms with E-state index in [0.717, 1.165) is 5.46 Å². The zero-order valence-corrected chi connectivity index (χ0v) is 8.35. The molecule has 1 aromatic rings. The molecule has 0 spiro atoms. The lowest BCUT2D eigenvalue weighted by atomic mass is 9.83. The van der Waals surface area contributed by atoms with Gasteiger partial charge in [-0.15, -0.1) is 0 Å². The van der Waals surface area contributed by atoms with Gasteiger partial charge in [-0.1, -0.05) is 61.0 Å². The fraction of sp³-hybridized carbons (Fsp3) is 0.231. The van der Waals surface area contributed by atoms with Gasteiger partial charge >= 0.3 is 0 Å². The van der Waals surface area contributed by atoms with Gasteiger partial charge in [-0.05, 0) is 11.5 Å². The van der Waals surface area contributed by atoms with E-state index in [1.165, 1.54) is 5.56 Å². The molecule has 0 N–H and O–H groups in total. The molecule has 0 aliphatic heterocycles. The van der Waals surface area contributed by atoms with Gasteiger partial charge in [-0.2, -0.15) is 0 Å². The second-order valence-electron chi connectivity index (χ2n) is 3.82. The molecule has 2 radical (unpaired) electrons. The Kier molecular flexibility index (Phi) is 2.58. The molecule has 0 bridgehead atoms. The smallest absolute Gasteiger partial charge is 0.0967 e. The van der Waals surface area contributed by atoms with E-state index in [2.05, 4.69) is 43.4 Å². The van der Waals surface area contributed by atoms with Crippen molar-refractivity contribution in [3.8, 4) is 0 Å². The largest absolute Gasteiger partial charge is 0.113 e. The summed E-state index contributed by atoms with van der Waals surface area (Å²) >= 11 is 0. The van der Waals surface area contributed by atoms with Crippen molar-refractivity contribution in [2.75, 3.05) is 0 Å². The van der Waals surface area contributed by atoms with Gasteiger partial charge in [0.1, 0.15) is 7.85 Å². The third-order valence-electron chi connectivity index (χ3n) is 2.73. The second kappa shape index (κ2) is 3.87. The Morgan fingerprint density at radius 1 is 1.00 bits per heavy atom. The van der Waals surface area contributed by atoms with E-state index in [4.69, 9.17) is 7.85 Å². The fourth-order valence-corrected chi connectivity index (χ4v) is 1.85. The summed E-state index contributed by atoms with van der Waals surface area (Å²) in [5.74, 6) is 1.07. The van der Waals surface area contributed by atoms with E-state index in [1.54, 1.807) is 0 Å². The lowest BCUT2D eigenvalue weighted by molar-refractivity contribution is 0.635. The van der Waals surface area contributed by atoms with Gasteiger partial charge in [0.05, 0.1) is 0 Å². The maximum absolute atomic E-state index is 5.66. The number of benzene rings is 1. The average Bonchev–Trinajstić information content (AvgIpc) is 2.20. The number of hydrogen-bond acceptors (Lipinski definition) is 0. The van der Waals surface area contributed by atoms with Crippen LogP contribution in [0.15, 0.2) is 48.6 Å². The normalized spacial score (nSPS) is 25.2. The highest BCUT2D eigenvalue weighted by Crippen LogP contribution is 2.28. The number of hydrogen-bond donors (Lipinski definition) is 0. The average molecular weight is 180 g/mol. The van der Waals surface area contributed by atoms with Crippen molar-refractivity contribution in [3.05, 3.63) is 54.1 Å². The van der Waals surface area contributed by atoms with E-state index < -0.39 is 0 Å². The minimum atomic E-state index is 0.501. The van der Waals surface area contributed by atoms with Crippen molar-refractivity contribution in [2.24, 2.45) is 5.92 Å². The van der Waals surface area contributed by atoms with Crippen LogP contribution in [0.25, 0.3) is 0 Å². The Labute approximate surface area is 86.8 Å². The van der Waals surface area contributed by atoms with Crippen molar-refractivity contribution >= 4 is 13.3 Å². The predicted molar refractivity (Wildman–Crippen MR) is 62.0 cm³/mol. The third-order valence-corrected chi connectivity index (χ3v) is 2.73. The lowest BCUT2D eigenvalue weighted by Gasteiger charge is -2.20. The molecule has 2 unspecified atom stereocenters. The molecule has 1 heteroatoms. The van der Waals surface area contributed by atoms with Crippen molar-refractivity contribution in [1.29, 1.82) is 0 Å². The highest BCUT2D eigenvalue weighted by Gasteiger charge is 2.15. The summed E-state index contributed by atoms with van der Waals surface area (Å²) in [5.41, 5.74) is 2.17. The van der Waals surface area contributed by atoms with Crippen LogP contribution < -0.4 is 5.46 Å². The van der Waals surface area contributed by atoms with Crippen LogP contribution in [0, 0.1) is 5.92 Å².